The molecule has 4 N–H and O–H groups in total. The monoisotopic (exact) mass is 331 g/mol. The van der Waals surface area contributed by atoms with E-state index in [0.29, 0.717) is 22.8 Å². The van der Waals surface area contributed by atoms with E-state index < -0.39 is 5.91 Å². The van der Waals surface area contributed by atoms with E-state index >= 15 is 0 Å². The highest BCUT2D eigenvalue weighted by molar-refractivity contribution is 5.95. The zero-order valence-electron chi connectivity index (χ0n) is 14.8. The first-order valence-corrected chi connectivity index (χ1v) is 8.87. The van der Waals surface area contributed by atoms with E-state index in [2.05, 4.69) is 19.0 Å². The molecule has 132 valence electrons. The molecule has 2 aliphatic carbocycles. The molecule has 2 fully saturated rings. The van der Waals surface area contributed by atoms with E-state index in [9.17, 15) is 4.79 Å². The van der Waals surface area contributed by atoms with Gasteiger partial charge in [0.15, 0.2) is 0 Å². The summed E-state index contributed by atoms with van der Waals surface area (Å²) in [5, 5.41) is 0. The molecule has 3 rings (SSSR count). The summed E-state index contributed by atoms with van der Waals surface area (Å²) in [5.74, 6) is 0.220. The lowest BCUT2D eigenvalue weighted by Crippen LogP contribution is -2.56. The maximum Gasteiger partial charge on any atom is 0.252 e. The van der Waals surface area contributed by atoms with Gasteiger partial charge in [-0.2, -0.15) is 0 Å². The van der Waals surface area contributed by atoms with E-state index in [0.717, 1.165) is 45.1 Å². The van der Waals surface area contributed by atoms with Gasteiger partial charge in [-0.1, -0.05) is 6.07 Å². The number of hydrogen-bond acceptors (Lipinski definition) is 4. The SMILES string of the molecule is CN(C)CCCc1ccc(C(N)=O)c(OC2CC3(CC(N)C3)C2)c1. The second-order valence-corrected chi connectivity index (χ2v) is 7.92. The Morgan fingerprint density at radius 3 is 2.58 bits per heavy atom. The van der Waals surface area contributed by atoms with E-state index in [4.69, 9.17) is 16.2 Å². The van der Waals surface area contributed by atoms with Gasteiger partial charge in [-0.3, -0.25) is 4.79 Å². The Labute approximate surface area is 144 Å². The third-order valence-electron chi connectivity index (χ3n) is 5.39. The number of hydrogen-bond donors (Lipinski definition) is 2. The first kappa shape index (κ1) is 17.2. The minimum Gasteiger partial charge on any atom is -0.490 e. The highest BCUT2D eigenvalue weighted by atomic mass is 16.5. The summed E-state index contributed by atoms with van der Waals surface area (Å²) < 4.78 is 6.13. The molecule has 5 nitrogen and oxygen atoms in total. The summed E-state index contributed by atoms with van der Waals surface area (Å²) in [6.07, 6.45) is 6.55. The van der Waals surface area contributed by atoms with Crippen molar-refractivity contribution in [2.75, 3.05) is 20.6 Å². The smallest absolute Gasteiger partial charge is 0.252 e. The molecule has 2 saturated carbocycles. The lowest BCUT2D eigenvalue weighted by Gasteiger charge is -2.56. The predicted octanol–water partition coefficient (Wildman–Crippen LogP) is 1.93. The van der Waals surface area contributed by atoms with Crippen LogP contribution in [0.4, 0.5) is 0 Å². The van der Waals surface area contributed by atoms with Crippen LogP contribution in [0.25, 0.3) is 0 Å². The van der Waals surface area contributed by atoms with Gasteiger partial charge in [0.05, 0.1) is 11.7 Å². The Bertz CT molecular complexity index is 601. The van der Waals surface area contributed by atoms with Gasteiger partial charge < -0.3 is 21.1 Å². The third kappa shape index (κ3) is 3.73. The highest BCUT2D eigenvalue weighted by Gasteiger charge is 2.52. The Balaban J connectivity index is 1.62. The van der Waals surface area contributed by atoms with Gasteiger partial charge in [-0.15, -0.1) is 0 Å². The van der Waals surface area contributed by atoms with Crippen molar-refractivity contribution >= 4 is 5.91 Å². The zero-order valence-corrected chi connectivity index (χ0v) is 14.8. The molecule has 24 heavy (non-hydrogen) atoms. The molecule has 0 heterocycles. The molecule has 0 bridgehead atoms. The van der Waals surface area contributed by atoms with Crippen molar-refractivity contribution in [3.63, 3.8) is 0 Å². The molecule has 0 radical (unpaired) electrons. The molecule has 0 atom stereocenters. The van der Waals surface area contributed by atoms with Crippen LogP contribution in [0.5, 0.6) is 5.75 Å². The van der Waals surface area contributed by atoms with Crippen LogP contribution in [0.1, 0.15) is 48.0 Å². The summed E-state index contributed by atoms with van der Waals surface area (Å²) in [5.41, 5.74) is 13.5. The van der Waals surface area contributed by atoms with Crippen molar-refractivity contribution in [2.45, 2.75) is 50.7 Å². The summed E-state index contributed by atoms with van der Waals surface area (Å²) in [6.45, 7) is 1.04. The topological polar surface area (TPSA) is 81.6 Å². The van der Waals surface area contributed by atoms with E-state index in [1.165, 1.54) is 5.56 Å². The summed E-state index contributed by atoms with van der Waals surface area (Å²) >= 11 is 0. The maximum atomic E-state index is 11.7. The fourth-order valence-electron chi connectivity index (χ4n) is 4.18. The first-order chi connectivity index (χ1) is 11.4. The molecule has 0 aliphatic heterocycles. The minimum atomic E-state index is -0.426. The molecule has 0 unspecified atom stereocenters. The van der Waals surface area contributed by atoms with Gasteiger partial charge in [-0.05, 0) is 82.3 Å². The molecule has 1 spiro atoms. The Morgan fingerprint density at radius 1 is 1.29 bits per heavy atom. The maximum absolute atomic E-state index is 11.7. The van der Waals surface area contributed by atoms with Gasteiger partial charge >= 0.3 is 0 Å². The van der Waals surface area contributed by atoms with Crippen LogP contribution in [0.3, 0.4) is 0 Å². The lowest BCUT2D eigenvalue weighted by atomic mass is 9.53. The number of nitrogens with two attached hydrogens (primary N) is 2. The Kier molecular flexibility index (Phi) is 4.83. The minimum absolute atomic E-state index is 0.188. The predicted molar refractivity (Wildman–Crippen MR) is 95.1 cm³/mol. The first-order valence-electron chi connectivity index (χ1n) is 8.87. The largest absolute Gasteiger partial charge is 0.490 e. The van der Waals surface area contributed by atoms with E-state index in [1.54, 1.807) is 6.07 Å². The Hall–Kier alpha value is -1.59. The summed E-state index contributed by atoms with van der Waals surface area (Å²) in [7, 11) is 4.15. The molecule has 0 aromatic heterocycles. The van der Waals surface area contributed by atoms with Crippen LogP contribution in [0.15, 0.2) is 18.2 Å². The lowest BCUT2D eigenvalue weighted by molar-refractivity contribution is -0.0782. The molecule has 0 saturated heterocycles. The number of amides is 1. The fraction of sp³-hybridized carbons (Fsp3) is 0.632. The normalized spacial score (nSPS) is 28.5. The van der Waals surface area contributed by atoms with Crippen LogP contribution >= 0.6 is 0 Å². The molecule has 1 amide bonds. The Morgan fingerprint density at radius 2 is 2.00 bits per heavy atom. The highest BCUT2D eigenvalue weighted by Crippen LogP contribution is 2.56. The van der Waals surface area contributed by atoms with Crippen molar-refractivity contribution in [3.8, 4) is 5.75 Å². The van der Waals surface area contributed by atoms with Gasteiger partial charge in [0.1, 0.15) is 5.75 Å². The summed E-state index contributed by atoms with van der Waals surface area (Å²) in [4.78, 5) is 13.9. The fourth-order valence-corrected chi connectivity index (χ4v) is 4.18. The quantitative estimate of drug-likeness (QED) is 0.800. The van der Waals surface area contributed by atoms with Gasteiger partial charge in [0.2, 0.25) is 0 Å². The third-order valence-corrected chi connectivity index (χ3v) is 5.39. The average Bonchev–Trinajstić information content (AvgIpc) is 2.43. The average molecular weight is 331 g/mol. The number of aryl methyl sites for hydroxylation is 1. The molecular formula is C19H29N3O2. The zero-order chi connectivity index (χ0) is 17.3. The van der Waals surface area contributed by atoms with Crippen molar-refractivity contribution < 1.29 is 9.53 Å². The molecule has 5 heteroatoms. The molecular weight excluding hydrogens is 302 g/mol. The number of nitrogens with zero attached hydrogens (tertiary/aromatic N) is 1. The van der Waals surface area contributed by atoms with E-state index in [-0.39, 0.29) is 6.10 Å². The number of benzene rings is 1. The van der Waals surface area contributed by atoms with Gasteiger partial charge in [-0.25, -0.2) is 0 Å². The second kappa shape index (κ2) is 6.73. The standard InChI is InChI=1S/C19H29N3O2/c1-22(2)7-3-4-13-5-6-16(18(21)23)17(8-13)24-15-11-19(12-15)9-14(20)10-19/h5-6,8,14-15H,3-4,7,9-12,20H2,1-2H3,(H2,21,23). The van der Waals surface area contributed by atoms with Crippen molar-refractivity contribution in [1.29, 1.82) is 0 Å². The van der Waals surface area contributed by atoms with Crippen LogP contribution in [0, 0.1) is 5.41 Å². The number of ether oxygens (including phenoxy) is 1. The second-order valence-electron chi connectivity index (χ2n) is 7.92. The van der Waals surface area contributed by atoms with Crippen LogP contribution < -0.4 is 16.2 Å². The number of carbonyl (C=O) groups is 1. The van der Waals surface area contributed by atoms with Crippen LogP contribution in [-0.4, -0.2) is 43.6 Å². The molecule has 2 aliphatic rings. The van der Waals surface area contributed by atoms with Crippen LogP contribution in [-0.2, 0) is 6.42 Å². The van der Waals surface area contributed by atoms with Crippen molar-refractivity contribution in [2.24, 2.45) is 16.9 Å². The van der Waals surface area contributed by atoms with Crippen LogP contribution in [0.2, 0.25) is 0 Å². The van der Waals surface area contributed by atoms with E-state index in [1.807, 2.05) is 12.1 Å². The van der Waals surface area contributed by atoms with Crippen molar-refractivity contribution in [3.05, 3.63) is 29.3 Å². The van der Waals surface area contributed by atoms with Gasteiger partial charge in [0.25, 0.3) is 5.91 Å². The summed E-state index contributed by atoms with van der Waals surface area (Å²) in [6, 6.07) is 6.14. The number of carbonyl (C=O) groups excluding carboxylic acids is 1. The molecule has 1 aromatic rings. The van der Waals surface area contributed by atoms with Gasteiger partial charge in [0, 0.05) is 6.04 Å². The number of primary amides is 1. The molecule has 1 aromatic carbocycles. The number of rotatable bonds is 7. The van der Waals surface area contributed by atoms with Crippen molar-refractivity contribution in [1.82, 2.24) is 4.90 Å².